The quantitative estimate of drug-likeness (QED) is 0.906. The van der Waals surface area contributed by atoms with E-state index in [9.17, 15) is 4.79 Å². The maximum absolute atomic E-state index is 12.6. The molecule has 2 fully saturated rings. The Morgan fingerprint density at radius 1 is 1.38 bits per heavy atom. The summed E-state index contributed by atoms with van der Waals surface area (Å²) in [5.74, 6) is 0.733. The fourth-order valence-corrected chi connectivity index (χ4v) is 4.42. The van der Waals surface area contributed by atoms with Crippen LogP contribution in [-0.4, -0.2) is 41.7 Å². The summed E-state index contributed by atoms with van der Waals surface area (Å²) in [6, 6.07) is 0.355. The topological polar surface area (TPSA) is 67.6 Å². The highest BCUT2D eigenvalue weighted by Gasteiger charge is 2.57. The van der Waals surface area contributed by atoms with Crippen molar-refractivity contribution < 1.29 is 13.9 Å². The fraction of sp³-hybridized carbons (Fsp3) is 0.778. The van der Waals surface area contributed by atoms with Crippen molar-refractivity contribution in [2.75, 3.05) is 19.0 Å². The highest BCUT2D eigenvalue weighted by Crippen LogP contribution is 2.55. The van der Waals surface area contributed by atoms with Gasteiger partial charge in [-0.15, -0.1) is 0 Å². The van der Waals surface area contributed by atoms with Crippen molar-refractivity contribution in [3.63, 3.8) is 0 Å². The van der Waals surface area contributed by atoms with Crippen LogP contribution in [0.1, 0.15) is 56.9 Å². The number of amides is 2. The van der Waals surface area contributed by atoms with Gasteiger partial charge in [0.15, 0.2) is 0 Å². The Balaban J connectivity index is 1.69. The maximum Gasteiger partial charge on any atom is 0.325 e. The zero-order valence-corrected chi connectivity index (χ0v) is 15.2. The van der Waals surface area contributed by atoms with Crippen LogP contribution in [0.3, 0.4) is 0 Å². The fourth-order valence-electron chi connectivity index (χ4n) is 4.42. The number of rotatable bonds is 4. The average molecular weight is 335 g/mol. The SMILES string of the molecule is CCOC1CC(N(C)C(=O)Nc2nc(C)c(C)o2)C12CCCCC2. The monoisotopic (exact) mass is 335 g/mol. The molecule has 0 saturated heterocycles. The predicted molar refractivity (Wildman–Crippen MR) is 92.1 cm³/mol. The van der Waals surface area contributed by atoms with Crippen molar-refractivity contribution in [2.24, 2.45) is 5.41 Å². The van der Waals surface area contributed by atoms with Gasteiger partial charge in [-0.25, -0.2) is 4.79 Å². The molecule has 1 aromatic rings. The van der Waals surface area contributed by atoms with E-state index in [1.807, 2.05) is 32.7 Å². The molecular weight excluding hydrogens is 306 g/mol. The third-order valence-corrected chi connectivity index (χ3v) is 5.92. The van der Waals surface area contributed by atoms with Crippen molar-refractivity contribution in [1.29, 1.82) is 0 Å². The van der Waals surface area contributed by atoms with E-state index in [4.69, 9.17) is 9.15 Å². The van der Waals surface area contributed by atoms with Gasteiger partial charge in [-0.2, -0.15) is 4.98 Å². The highest BCUT2D eigenvalue weighted by molar-refractivity contribution is 5.87. The van der Waals surface area contributed by atoms with E-state index in [2.05, 4.69) is 10.3 Å². The number of aryl methyl sites for hydroxylation is 2. The molecule has 2 aliphatic carbocycles. The van der Waals surface area contributed by atoms with Gasteiger partial charge >= 0.3 is 12.0 Å². The molecule has 0 aliphatic heterocycles. The van der Waals surface area contributed by atoms with E-state index in [1.54, 1.807) is 0 Å². The summed E-state index contributed by atoms with van der Waals surface area (Å²) in [5, 5.41) is 2.79. The van der Waals surface area contributed by atoms with Gasteiger partial charge in [0.25, 0.3) is 0 Å². The molecule has 6 nitrogen and oxygen atoms in total. The van der Waals surface area contributed by atoms with Crippen LogP contribution < -0.4 is 5.32 Å². The first-order valence-corrected chi connectivity index (χ1v) is 9.07. The van der Waals surface area contributed by atoms with Crippen LogP contribution in [0.2, 0.25) is 0 Å². The van der Waals surface area contributed by atoms with Crippen molar-refractivity contribution in [1.82, 2.24) is 9.88 Å². The van der Waals surface area contributed by atoms with Gasteiger partial charge < -0.3 is 14.1 Å². The third kappa shape index (κ3) is 2.92. The molecule has 134 valence electrons. The lowest BCUT2D eigenvalue weighted by molar-refractivity contribution is -0.169. The summed E-state index contributed by atoms with van der Waals surface area (Å²) < 4.78 is 11.4. The number of ether oxygens (including phenoxy) is 1. The molecule has 0 bridgehead atoms. The Morgan fingerprint density at radius 3 is 2.67 bits per heavy atom. The predicted octanol–water partition coefficient (Wildman–Crippen LogP) is 3.88. The van der Waals surface area contributed by atoms with Crippen LogP contribution in [0.5, 0.6) is 0 Å². The first kappa shape index (κ1) is 17.3. The van der Waals surface area contributed by atoms with Gasteiger partial charge in [-0.05, 0) is 40.0 Å². The minimum atomic E-state index is -0.152. The van der Waals surface area contributed by atoms with E-state index >= 15 is 0 Å². The average Bonchev–Trinajstić information content (AvgIpc) is 2.89. The number of hydrogen-bond acceptors (Lipinski definition) is 4. The second-order valence-electron chi connectivity index (χ2n) is 7.19. The van der Waals surface area contributed by atoms with Crippen LogP contribution in [0.4, 0.5) is 10.8 Å². The first-order chi connectivity index (χ1) is 11.5. The van der Waals surface area contributed by atoms with Crippen molar-refractivity contribution in [3.8, 4) is 0 Å². The van der Waals surface area contributed by atoms with E-state index in [0.29, 0.717) is 0 Å². The number of carbonyl (C=O) groups excluding carboxylic acids is 1. The van der Waals surface area contributed by atoms with Gasteiger partial charge in [0.2, 0.25) is 0 Å². The normalized spacial score (nSPS) is 25.3. The maximum atomic E-state index is 12.6. The van der Waals surface area contributed by atoms with Gasteiger partial charge in [-0.1, -0.05) is 19.3 Å². The molecule has 0 aromatic carbocycles. The first-order valence-electron chi connectivity index (χ1n) is 9.07. The number of aromatic nitrogens is 1. The Morgan fingerprint density at radius 2 is 2.08 bits per heavy atom. The summed E-state index contributed by atoms with van der Waals surface area (Å²) in [7, 11) is 1.88. The minimum absolute atomic E-state index is 0.128. The zero-order chi connectivity index (χ0) is 17.3. The lowest BCUT2D eigenvalue weighted by atomic mass is 9.54. The second kappa shape index (κ2) is 6.75. The molecule has 1 heterocycles. The number of carbonyl (C=O) groups is 1. The number of urea groups is 1. The lowest BCUT2D eigenvalue weighted by Crippen LogP contribution is -2.66. The molecule has 2 saturated carbocycles. The summed E-state index contributed by atoms with van der Waals surface area (Å²) >= 11 is 0. The minimum Gasteiger partial charge on any atom is -0.428 e. The number of nitrogens with zero attached hydrogens (tertiary/aromatic N) is 2. The van der Waals surface area contributed by atoms with E-state index in [-0.39, 0.29) is 29.6 Å². The van der Waals surface area contributed by atoms with Crippen LogP contribution >= 0.6 is 0 Å². The van der Waals surface area contributed by atoms with Crippen molar-refractivity contribution in [2.45, 2.75) is 71.4 Å². The van der Waals surface area contributed by atoms with E-state index in [0.717, 1.165) is 37.3 Å². The Labute approximate surface area is 143 Å². The van der Waals surface area contributed by atoms with Crippen LogP contribution in [0.25, 0.3) is 0 Å². The summed E-state index contributed by atoms with van der Waals surface area (Å²) in [5.41, 5.74) is 0.930. The Hall–Kier alpha value is -1.56. The zero-order valence-electron chi connectivity index (χ0n) is 15.2. The van der Waals surface area contributed by atoms with Crippen molar-refractivity contribution in [3.05, 3.63) is 11.5 Å². The largest absolute Gasteiger partial charge is 0.428 e. The van der Waals surface area contributed by atoms with Gasteiger partial charge in [-0.3, -0.25) is 5.32 Å². The Kier molecular flexibility index (Phi) is 4.85. The van der Waals surface area contributed by atoms with Gasteiger partial charge in [0.05, 0.1) is 11.8 Å². The van der Waals surface area contributed by atoms with E-state index < -0.39 is 0 Å². The van der Waals surface area contributed by atoms with Crippen LogP contribution in [0, 0.1) is 19.3 Å². The lowest BCUT2D eigenvalue weighted by Gasteiger charge is -2.59. The molecule has 2 atom stereocenters. The molecule has 0 radical (unpaired) electrons. The third-order valence-electron chi connectivity index (χ3n) is 5.92. The summed E-state index contributed by atoms with van der Waals surface area (Å²) in [6.45, 7) is 6.50. The molecule has 6 heteroatoms. The molecule has 2 unspecified atom stereocenters. The molecule has 1 aromatic heterocycles. The smallest absolute Gasteiger partial charge is 0.325 e. The number of oxazole rings is 1. The van der Waals surface area contributed by atoms with Crippen LogP contribution in [-0.2, 0) is 4.74 Å². The summed E-state index contributed by atoms with van der Waals surface area (Å²) in [4.78, 5) is 18.7. The second-order valence-corrected chi connectivity index (χ2v) is 7.19. The number of anilines is 1. The van der Waals surface area contributed by atoms with E-state index in [1.165, 1.54) is 19.3 Å². The number of hydrogen-bond donors (Lipinski definition) is 1. The van der Waals surface area contributed by atoms with Gasteiger partial charge in [0, 0.05) is 25.1 Å². The number of nitrogens with one attached hydrogen (secondary N) is 1. The van der Waals surface area contributed by atoms with Crippen LogP contribution in [0.15, 0.2) is 4.42 Å². The highest BCUT2D eigenvalue weighted by atomic mass is 16.5. The van der Waals surface area contributed by atoms with Gasteiger partial charge in [0.1, 0.15) is 5.76 Å². The molecule has 1 N–H and O–H groups in total. The molecular formula is C18H29N3O3. The molecule has 3 rings (SSSR count). The molecule has 24 heavy (non-hydrogen) atoms. The molecule has 1 spiro atoms. The molecule has 2 aliphatic rings. The summed E-state index contributed by atoms with van der Waals surface area (Å²) in [6.07, 6.45) is 7.25. The molecule has 2 amide bonds. The standard InChI is InChI=1S/C18H29N3O3/c1-5-23-15-11-14(18(15)9-7-6-8-10-18)21(4)17(22)20-16-19-12(2)13(3)24-16/h14-15H,5-11H2,1-4H3,(H,19,20,22). The van der Waals surface area contributed by atoms with Crippen molar-refractivity contribution >= 4 is 12.0 Å². The Bertz CT molecular complexity index is 573.